The van der Waals surface area contributed by atoms with Gasteiger partial charge in [0.25, 0.3) is 0 Å². The molecule has 0 saturated heterocycles. The zero-order chi connectivity index (χ0) is 18.0. The topological polar surface area (TPSA) is 31.4 Å². The number of halogens is 2. The number of hydrogen-bond acceptors (Lipinski definition) is 4. The van der Waals surface area contributed by atoms with Gasteiger partial charge in [-0.05, 0) is 36.8 Å². The number of methoxy groups -OCH3 is 2. The minimum absolute atomic E-state index is 0.314. The van der Waals surface area contributed by atoms with Crippen molar-refractivity contribution in [3.8, 4) is 22.8 Å². The fourth-order valence-electron chi connectivity index (χ4n) is 2.62. The van der Waals surface area contributed by atoms with Gasteiger partial charge in [0.1, 0.15) is 11.6 Å². The molecule has 0 bridgehead atoms. The fraction of sp³-hybridized carbons (Fsp3) is 0.211. The van der Waals surface area contributed by atoms with E-state index >= 15 is 0 Å². The van der Waals surface area contributed by atoms with Gasteiger partial charge in [0.05, 0.1) is 24.9 Å². The van der Waals surface area contributed by atoms with E-state index in [2.05, 4.69) is 4.98 Å². The summed E-state index contributed by atoms with van der Waals surface area (Å²) >= 11 is 1.50. The second-order valence-corrected chi connectivity index (χ2v) is 6.79. The minimum atomic E-state index is -0.605. The molecule has 1 heterocycles. The van der Waals surface area contributed by atoms with Crippen LogP contribution >= 0.6 is 11.3 Å². The Morgan fingerprint density at radius 3 is 2.44 bits per heavy atom. The Kier molecular flexibility index (Phi) is 4.99. The summed E-state index contributed by atoms with van der Waals surface area (Å²) in [4.78, 5) is 5.44. The van der Waals surface area contributed by atoms with Crippen LogP contribution in [-0.2, 0) is 6.42 Å². The highest BCUT2D eigenvalue weighted by atomic mass is 32.1. The monoisotopic (exact) mass is 361 g/mol. The van der Waals surface area contributed by atoms with Crippen molar-refractivity contribution in [3.63, 3.8) is 0 Å². The fourth-order valence-corrected chi connectivity index (χ4v) is 3.61. The van der Waals surface area contributed by atoms with Gasteiger partial charge in [-0.15, -0.1) is 11.3 Å². The third-order valence-corrected chi connectivity index (χ3v) is 4.80. The molecule has 3 aromatic rings. The molecule has 0 N–H and O–H groups in total. The molecule has 25 heavy (non-hydrogen) atoms. The van der Waals surface area contributed by atoms with Gasteiger partial charge in [-0.2, -0.15) is 0 Å². The molecule has 6 heteroatoms. The maximum Gasteiger partial charge on any atom is 0.160 e. The van der Waals surface area contributed by atoms with Gasteiger partial charge < -0.3 is 9.47 Å². The number of thiazole rings is 1. The standard InChI is InChI=1S/C19H17F2NO2S/c1-11-19(14-6-5-13(20)10-15(14)21)22-18(25-11)9-12-4-7-16(23-2)17(8-12)24-3/h4-8,10H,9H2,1-3H3. The van der Waals surface area contributed by atoms with E-state index in [1.54, 1.807) is 14.2 Å². The van der Waals surface area contributed by atoms with Gasteiger partial charge >= 0.3 is 0 Å². The van der Waals surface area contributed by atoms with Gasteiger partial charge in [-0.25, -0.2) is 13.8 Å². The van der Waals surface area contributed by atoms with Crippen LogP contribution < -0.4 is 9.47 Å². The molecule has 1 aromatic heterocycles. The number of rotatable bonds is 5. The average Bonchev–Trinajstić information content (AvgIpc) is 2.94. The molecule has 0 aliphatic carbocycles. The van der Waals surface area contributed by atoms with Crippen LogP contribution in [-0.4, -0.2) is 19.2 Å². The van der Waals surface area contributed by atoms with Crippen LogP contribution in [0.5, 0.6) is 11.5 Å². The number of ether oxygens (including phenoxy) is 2. The summed E-state index contributed by atoms with van der Waals surface area (Å²) < 4.78 is 37.7. The number of aromatic nitrogens is 1. The number of nitrogens with zero attached hydrogens (tertiary/aromatic N) is 1. The number of hydrogen-bond donors (Lipinski definition) is 0. The molecular formula is C19H17F2NO2S. The highest BCUT2D eigenvalue weighted by molar-refractivity contribution is 7.12. The molecule has 0 spiro atoms. The second-order valence-electron chi connectivity index (χ2n) is 5.50. The highest BCUT2D eigenvalue weighted by Crippen LogP contribution is 2.32. The third-order valence-electron chi connectivity index (χ3n) is 3.83. The zero-order valence-electron chi connectivity index (χ0n) is 14.1. The van der Waals surface area contributed by atoms with E-state index in [1.165, 1.54) is 23.5 Å². The Morgan fingerprint density at radius 2 is 1.76 bits per heavy atom. The summed E-state index contributed by atoms with van der Waals surface area (Å²) in [6, 6.07) is 9.22. The van der Waals surface area contributed by atoms with Crippen LogP contribution in [0, 0.1) is 18.6 Å². The van der Waals surface area contributed by atoms with Crippen molar-refractivity contribution < 1.29 is 18.3 Å². The van der Waals surface area contributed by atoms with Crippen molar-refractivity contribution >= 4 is 11.3 Å². The van der Waals surface area contributed by atoms with E-state index < -0.39 is 11.6 Å². The zero-order valence-corrected chi connectivity index (χ0v) is 14.9. The predicted octanol–water partition coefficient (Wildman–Crippen LogP) is 5.00. The summed E-state index contributed by atoms with van der Waals surface area (Å²) in [5, 5.41) is 0.850. The Hall–Kier alpha value is -2.47. The van der Waals surface area contributed by atoms with Crippen molar-refractivity contribution in [2.24, 2.45) is 0 Å². The third kappa shape index (κ3) is 3.64. The Balaban J connectivity index is 1.90. The molecule has 0 unspecified atom stereocenters. The lowest BCUT2D eigenvalue weighted by Gasteiger charge is -2.08. The van der Waals surface area contributed by atoms with Crippen LogP contribution in [0.1, 0.15) is 15.4 Å². The first-order chi connectivity index (χ1) is 12.0. The second kappa shape index (κ2) is 7.19. The summed E-state index contributed by atoms with van der Waals surface area (Å²) in [7, 11) is 3.18. The summed E-state index contributed by atoms with van der Waals surface area (Å²) in [5.41, 5.74) is 1.88. The van der Waals surface area contributed by atoms with Gasteiger partial charge in [-0.1, -0.05) is 6.07 Å². The van der Waals surface area contributed by atoms with Crippen molar-refractivity contribution in [1.29, 1.82) is 0 Å². The molecule has 3 rings (SSSR count). The van der Waals surface area contributed by atoms with Crippen molar-refractivity contribution in [2.45, 2.75) is 13.3 Å². The van der Waals surface area contributed by atoms with E-state index in [1.807, 2.05) is 25.1 Å². The summed E-state index contributed by atoms with van der Waals surface area (Å²) in [6.07, 6.45) is 0.592. The Morgan fingerprint density at radius 1 is 1.00 bits per heavy atom. The van der Waals surface area contributed by atoms with Gasteiger partial charge in [-0.3, -0.25) is 0 Å². The van der Waals surface area contributed by atoms with E-state index in [0.717, 1.165) is 21.5 Å². The first kappa shape index (κ1) is 17.4. The maximum atomic E-state index is 14.0. The largest absolute Gasteiger partial charge is 0.493 e. The molecular weight excluding hydrogens is 344 g/mol. The molecule has 2 aromatic carbocycles. The van der Waals surface area contributed by atoms with E-state index in [9.17, 15) is 8.78 Å². The highest BCUT2D eigenvalue weighted by Gasteiger charge is 2.15. The maximum absolute atomic E-state index is 14.0. The van der Waals surface area contributed by atoms with Crippen LogP contribution in [0.2, 0.25) is 0 Å². The summed E-state index contributed by atoms with van der Waals surface area (Å²) in [5.74, 6) is 0.111. The first-order valence-corrected chi connectivity index (χ1v) is 8.46. The quantitative estimate of drug-likeness (QED) is 0.640. The molecule has 0 atom stereocenters. The summed E-state index contributed by atoms with van der Waals surface area (Å²) in [6.45, 7) is 1.88. The average molecular weight is 361 g/mol. The molecule has 3 nitrogen and oxygen atoms in total. The van der Waals surface area contributed by atoms with Crippen LogP contribution in [0.4, 0.5) is 8.78 Å². The lowest BCUT2D eigenvalue weighted by molar-refractivity contribution is 0.354. The minimum Gasteiger partial charge on any atom is -0.493 e. The lowest BCUT2D eigenvalue weighted by atomic mass is 10.1. The molecule has 0 amide bonds. The van der Waals surface area contributed by atoms with Gasteiger partial charge in [0.15, 0.2) is 11.5 Å². The Labute approximate surface area is 148 Å². The molecule has 0 fully saturated rings. The SMILES string of the molecule is COc1ccc(Cc2nc(-c3ccc(F)cc3F)c(C)s2)cc1OC. The normalized spacial score (nSPS) is 10.8. The van der Waals surface area contributed by atoms with E-state index in [0.29, 0.717) is 29.2 Å². The molecule has 0 saturated carbocycles. The molecule has 130 valence electrons. The van der Waals surface area contributed by atoms with Gasteiger partial charge in [0, 0.05) is 22.9 Å². The van der Waals surface area contributed by atoms with Crippen molar-refractivity contribution in [3.05, 3.63) is 63.5 Å². The molecule has 0 radical (unpaired) electrons. The van der Waals surface area contributed by atoms with Crippen LogP contribution in [0.15, 0.2) is 36.4 Å². The van der Waals surface area contributed by atoms with Crippen LogP contribution in [0.25, 0.3) is 11.3 Å². The first-order valence-electron chi connectivity index (χ1n) is 7.64. The predicted molar refractivity (Wildman–Crippen MR) is 94.6 cm³/mol. The van der Waals surface area contributed by atoms with Gasteiger partial charge in [0.2, 0.25) is 0 Å². The Bertz CT molecular complexity index is 908. The van der Waals surface area contributed by atoms with Crippen molar-refractivity contribution in [2.75, 3.05) is 14.2 Å². The van der Waals surface area contributed by atoms with Crippen LogP contribution in [0.3, 0.4) is 0 Å². The van der Waals surface area contributed by atoms with E-state index in [4.69, 9.17) is 9.47 Å². The molecule has 0 aliphatic heterocycles. The number of aryl methyl sites for hydroxylation is 1. The smallest absolute Gasteiger partial charge is 0.160 e. The lowest BCUT2D eigenvalue weighted by Crippen LogP contribution is -1.94. The van der Waals surface area contributed by atoms with Crippen molar-refractivity contribution in [1.82, 2.24) is 4.98 Å². The number of benzene rings is 2. The van der Waals surface area contributed by atoms with E-state index in [-0.39, 0.29) is 0 Å². The molecule has 0 aliphatic rings.